The van der Waals surface area contributed by atoms with Crippen molar-refractivity contribution in [1.29, 1.82) is 0 Å². The van der Waals surface area contributed by atoms with Gasteiger partial charge in [-0.15, -0.1) is 0 Å². The predicted molar refractivity (Wildman–Crippen MR) is 109 cm³/mol. The number of nitro benzene ring substituents is 1. The lowest BCUT2D eigenvalue weighted by atomic mass is 10.2. The quantitative estimate of drug-likeness (QED) is 0.355. The second-order valence-electron chi connectivity index (χ2n) is 6.25. The van der Waals surface area contributed by atoms with E-state index in [-0.39, 0.29) is 35.1 Å². The number of ether oxygens (including phenoxy) is 1. The Labute approximate surface area is 184 Å². The number of nitrogens with two attached hydrogens (primary N) is 1. The summed E-state index contributed by atoms with van der Waals surface area (Å²) >= 11 is 5.81. The number of nitrogens with zero attached hydrogens (tertiary/aromatic N) is 1. The van der Waals surface area contributed by atoms with Crippen LogP contribution in [0.1, 0.15) is 6.42 Å². The van der Waals surface area contributed by atoms with Gasteiger partial charge in [-0.3, -0.25) is 14.9 Å². The fourth-order valence-corrected chi connectivity index (χ4v) is 3.10. The molecule has 4 N–H and O–H groups in total. The number of hydrogen-bond acceptors (Lipinski definition) is 7. The first-order chi connectivity index (χ1) is 14.8. The number of sulfonamides is 1. The average Bonchev–Trinajstić information content (AvgIpc) is 2.65. The molecule has 0 aromatic heterocycles. The molecule has 0 aliphatic carbocycles. The van der Waals surface area contributed by atoms with Gasteiger partial charge in [0.15, 0.2) is 6.61 Å². The van der Waals surface area contributed by atoms with Crippen LogP contribution < -0.4 is 20.5 Å². The van der Waals surface area contributed by atoms with Crippen LogP contribution in [0.5, 0.6) is 5.75 Å². The molecular formula is C17H16ClF3N4O6S. The SMILES string of the molecule is NS(=O)(=O)c1ccc(NCCC(=O)Nc2cc(Cl)ccc2OCC(F)(F)F)c([N+](=O)[O-])c1. The van der Waals surface area contributed by atoms with Crippen LogP contribution in [0.2, 0.25) is 5.02 Å². The highest BCUT2D eigenvalue weighted by Gasteiger charge is 2.29. The number of carbonyl (C=O) groups excluding carboxylic acids is 1. The molecule has 0 radical (unpaired) electrons. The minimum absolute atomic E-state index is 0.0628. The smallest absolute Gasteiger partial charge is 0.422 e. The van der Waals surface area contributed by atoms with Crippen molar-refractivity contribution < 1.29 is 36.0 Å². The standard InChI is InChI=1S/C17H16ClF3N4O6S/c18-10-1-4-15(31-9-17(19,20)21)13(7-10)24-16(26)5-6-23-12-3-2-11(32(22,29)30)8-14(12)25(27)28/h1-4,7-8,23H,5-6,9H2,(H,24,26)(H2,22,29,30). The van der Waals surface area contributed by atoms with Gasteiger partial charge in [0.1, 0.15) is 11.4 Å². The Balaban J connectivity index is 2.04. The molecule has 32 heavy (non-hydrogen) atoms. The maximum absolute atomic E-state index is 12.4. The van der Waals surface area contributed by atoms with E-state index in [9.17, 15) is 36.5 Å². The van der Waals surface area contributed by atoms with Crippen molar-refractivity contribution in [2.24, 2.45) is 5.14 Å². The molecule has 0 fully saturated rings. The van der Waals surface area contributed by atoms with E-state index in [0.717, 1.165) is 18.2 Å². The average molecular weight is 497 g/mol. The number of anilines is 2. The summed E-state index contributed by atoms with van der Waals surface area (Å²) in [7, 11) is -4.16. The summed E-state index contributed by atoms with van der Waals surface area (Å²) in [5.41, 5.74) is -0.725. The molecule has 10 nitrogen and oxygen atoms in total. The summed E-state index contributed by atoms with van der Waals surface area (Å²) in [6, 6.07) is 6.60. The van der Waals surface area contributed by atoms with Gasteiger partial charge in [-0.2, -0.15) is 13.2 Å². The van der Waals surface area contributed by atoms with Crippen molar-refractivity contribution in [3.63, 3.8) is 0 Å². The van der Waals surface area contributed by atoms with Gasteiger partial charge in [0, 0.05) is 24.1 Å². The number of benzene rings is 2. The van der Waals surface area contributed by atoms with E-state index in [2.05, 4.69) is 15.4 Å². The fraction of sp³-hybridized carbons (Fsp3) is 0.235. The van der Waals surface area contributed by atoms with Crippen molar-refractivity contribution in [2.45, 2.75) is 17.5 Å². The van der Waals surface area contributed by atoms with Gasteiger partial charge in [0.05, 0.1) is 15.5 Å². The molecule has 0 bridgehead atoms. The van der Waals surface area contributed by atoms with E-state index < -0.39 is 44.2 Å². The van der Waals surface area contributed by atoms with Crippen LogP contribution in [0.25, 0.3) is 0 Å². The first-order valence-corrected chi connectivity index (χ1v) is 10.5. The van der Waals surface area contributed by atoms with Crippen LogP contribution in [0.15, 0.2) is 41.3 Å². The van der Waals surface area contributed by atoms with Gasteiger partial charge in [0.2, 0.25) is 15.9 Å². The molecule has 2 aromatic carbocycles. The van der Waals surface area contributed by atoms with Crippen molar-refractivity contribution in [2.75, 3.05) is 23.8 Å². The number of amides is 1. The molecule has 0 aliphatic heterocycles. The van der Waals surface area contributed by atoms with Gasteiger partial charge >= 0.3 is 6.18 Å². The summed E-state index contributed by atoms with van der Waals surface area (Å²) in [6.07, 6.45) is -4.84. The van der Waals surface area contributed by atoms with Gasteiger partial charge in [-0.1, -0.05) is 11.6 Å². The Morgan fingerprint density at radius 3 is 2.47 bits per heavy atom. The Morgan fingerprint density at radius 2 is 1.88 bits per heavy atom. The van der Waals surface area contributed by atoms with Gasteiger partial charge < -0.3 is 15.4 Å². The number of halogens is 4. The van der Waals surface area contributed by atoms with Gasteiger partial charge in [0.25, 0.3) is 5.69 Å². The molecule has 0 spiro atoms. The fourth-order valence-electron chi connectivity index (χ4n) is 2.40. The molecule has 0 saturated carbocycles. The van der Waals surface area contributed by atoms with Crippen LogP contribution in [0, 0.1) is 10.1 Å². The number of rotatable bonds is 9. The van der Waals surface area contributed by atoms with E-state index in [1.165, 1.54) is 18.2 Å². The molecule has 0 aliphatic rings. The topological polar surface area (TPSA) is 154 Å². The maximum Gasteiger partial charge on any atom is 0.422 e. The highest BCUT2D eigenvalue weighted by atomic mass is 35.5. The van der Waals surface area contributed by atoms with Crippen molar-refractivity contribution >= 4 is 44.6 Å². The number of alkyl halides is 3. The lowest BCUT2D eigenvalue weighted by Gasteiger charge is -2.14. The van der Waals surface area contributed by atoms with Gasteiger partial charge in [-0.05, 0) is 30.3 Å². The molecule has 0 unspecified atom stereocenters. The Hall–Kier alpha value is -3.10. The molecule has 0 saturated heterocycles. The van der Waals surface area contributed by atoms with Gasteiger partial charge in [-0.25, -0.2) is 13.6 Å². The number of nitro groups is 1. The van der Waals surface area contributed by atoms with E-state index in [1.54, 1.807) is 0 Å². The van der Waals surface area contributed by atoms with Crippen LogP contribution in [0.4, 0.5) is 30.2 Å². The summed E-state index contributed by atoms with van der Waals surface area (Å²) in [5.74, 6) is -0.900. The summed E-state index contributed by atoms with van der Waals surface area (Å²) in [4.78, 5) is 22.1. The molecule has 2 rings (SSSR count). The van der Waals surface area contributed by atoms with E-state index >= 15 is 0 Å². The lowest BCUT2D eigenvalue weighted by molar-refractivity contribution is -0.384. The zero-order chi connectivity index (χ0) is 24.1. The minimum Gasteiger partial charge on any atom is -0.482 e. The number of primary sulfonamides is 1. The third-order valence-electron chi connectivity index (χ3n) is 3.77. The third-order valence-corrected chi connectivity index (χ3v) is 4.92. The second-order valence-corrected chi connectivity index (χ2v) is 8.25. The van der Waals surface area contributed by atoms with Crippen molar-refractivity contribution in [3.05, 3.63) is 51.5 Å². The first-order valence-electron chi connectivity index (χ1n) is 8.60. The molecule has 15 heteroatoms. The minimum atomic E-state index is -4.58. The Kier molecular flexibility index (Phi) is 7.87. The lowest BCUT2D eigenvalue weighted by Crippen LogP contribution is -2.21. The second kappa shape index (κ2) is 10.0. The van der Waals surface area contributed by atoms with Crippen molar-refractivity contribution in [3.8, 4) is 5.75 Å². The third kappa shape index (κ3) is 7.55. The highest BCUT2D eigenvalue weighted by molar-refractivity contribution is 7.89. The maximum atomic E-state index is 12.4. The number of nitrogens with one attached hydrogen (secondary N) is 2. The van der Waals surface area contributed by atoms with Crippen LogP contribution in [-0.4, -0.2) is 38.6 Å². The summed E-state index contributed by atoms with van der Waals surface area (Å²) < 4.78 is 64.5. The summed E-state index contributed by atoms with van der Waals surface area (Å²) in [6.45, 7) is -1.70. The Morgan fingerprint density at radius 1 is 1.19 bits per heavy atom. The van der Waals surface area contributed by atoms with E-state index in [4.69, 9.17) is 16.7 Å². The zero-order valence-electron chi connectivity index (χ0n) is 16.0. The summed E-state index contributed by atoms with van der Waals surface area (Å²) in [5, 5.41) is 21.2. The molecule has 2 aromatic rings. The van der Waals surface area contributed by atoms with Crippen LogP contribution >= 0.6 is 11.6 Å². The molecule has 1 amide bonds. The monoisotopic (exact) mass is 496 g/mol. The number of carbonyl (C=O) groups is 1. The zero-order valence-corrected chi connectivity index (χ0v) is 17.6. The predicted octanol–water partition coefficient (Wildman–Crippen LogP) is 3.28. The van der Waals surface area contributed by atoms with Crippen LogP contribution in [0.3, 0.4) is 0 Å². The Bertz CT molecular complexity index is 1130. The molecule has 0 heterocycles. The van der Waals surface area contributed by atoms with Crippen molar-refractivity contribution in [1.82, 2.24) is 0 Å². The molecular weight excluding hydrogens is 481 g/mol. The van der Waals surface area contributed by atoms with Crippen LogP contribution in [-0.2, 0) is 14.8 Å². The number of hydrogen-bond donors (Lipinski definition) is 3. The van der Waals surface area contributed by atoms with E-state index in [1.807, 2.05) is 0 Å². The molecule has 0 atom stereocenters. The largest absolute Gasteiger partial charge is 0.482 e. The highest BCUT2D eigenvalue weighted by Crippen LogP contribution is 2.30. The first kappa shape index (κ1) is 25.2. The molecule has 174 valence electrons. The van der Waals surface area contributed by atoms with E-state index in [0.29, 0.717) is 0 Å². The normalized spacial score (nSPS) is 11.7.